The number of hydrogen-bond donors (Lipinski definition) is 2. The summed E-state index contributed by atoms with van der Waals surface area (Å²) in [6, 6.07) is 0.427. The summed E-state index contributed by atoms with van der Waals surface area (Å²) >= 11 is 1.56. The predicted octanol–water partition coefficient (Wildman–Crippen LogP) is 2.08. The maximum absolute atomic E-state index is 5.52. The van der Waals surface area contributed by atoms with E-state index < -0.39 is 0 Å². The van der Waals surface area contributed by atoms with Crippen LogP contribution in [0, 0.1) is 0 Å². The lowest BCUT2D eigenvalue weighted by Crippen LogP contribution is -2.31. The first kappa shape index (κ1) is 11.5. The number of nitrogens with one attached hydrogen (secondary N) is 1. The van der Waals surface area contributed by atoms with Crippen LogP contribution in [0.3, 0.4) is 0 Å². The normalized spacial score (nSPS) is 19.4. The van der Waals surface area contributed by atoms with E-state index in [4.69, 9.17) is 10.8 Å². The summed E-state index contributed by atoms with van der Waals surface area (Å²) < 4.78 is 0. The van der Waals surface area contributed by atoms with Gasteiger partial charge in [0.1, 0.15) is 0 Å². The van der Waals surface area contributed by atoms with Crippen molar-refractivity contribution in [1.82, 2.24) is 10.4 Å². The molecule has 0 bridgehead atoms. The summed E-state index contributed by atoms with van der Waals surface area (Å²) in [4.78, 5) is 9.77. The highest BCUT2D eigenvalue weighted by Crippen LogP contribution is 2.20. The molecule has 1 aromatic heterocycles. The Morgan fingerprint density at radius 2 is 2.12 bits per heavy atom. The molecule has 0 aromatic carbocycles. The van der Waals surface area contributed by atoms with Crippen molar-refractivity contribution >= 4 is 17.2 Å². The zero-order valence-corrected chi connectivity index (χ0v) is 10.2. The molecule has 1 aliphatic rings. The molecular weight excluding hydrogens is 220 g/mol. The zero-order valence-electron chi connectivity index (χ0n) is 9.35. The van der Waals surface area contributed by atoms with Gasteiger partial charge in [0, 0.05) is 6.20 Å². The van der Waals surface area contributed by atoms with Crippen molar-refractivity contribution in [2.24, 2.45) is 10.8 Å². The number of hydrazine groups is 1. The molecule has 2 rings (SSSR count). The highest BCUT2D eigenvalue weighted by Gasteiger charge is 2.13. The molecule has 0 atom stereocenters. The van der Waals surface area contributed by atoms with Crippen LogP contribution in [0.25, 0.3) is 0 Å². The van der Waals surface area contributed by atoms with E-state index >= 15 is 0 Å². The van der Waals surface area contributed by atoms with Crippen LogP contribution in [0.4, 0.5) is 0 Å². The van der Waals surface area contributed by atoms with Crippen LogP contribution >= 0.6 is 11.3 Å². The molecule has 16 heavy (non-hydrogen) atoms. The summed E-state index contributed by atoms with van der Waals surface area (Å²) in [5, 5.41) is 0. The van der Waals surface area contributed by atoms with Gasteiger partial charge in [-0.15, -0.1) is 11.3 Å². The van der Waals surface area contributed by atoms with Crippen molar-refractivity contribution in [1.29, 1.82) is 0 Å². The van der Waals surface area contributed by atoms with E-state index in [9.17, 15) is 0 Å². The smallest absolute Gasteiger partial charge is 0.154 e. The number of rotatable bonds is 2. The highest BCUT2D eigenvalue weighted by molar-refractivity contribution is 7.11. The zero-order chi connectivity index (χ0) is 11.2. The third-order valence-electron chi connectivity index (χ3n) is 2.94. The quantitative estimate of drug-likeness (QED) is 0.272. The molecule has 88 valence electrons. The number of hydrogen-bond acceptors (Lipinski definition) is 4. The number of nitrogens with two attached hydrogens (primary N) is 1. The third-order valence-corrected chi connectivity index (χ3v) is 3.72. The Labute approximate surface area is 100.0 Å². The minimum atomic E-state index is 0.427. The van der Waals surface area contributed by atoms with Crippen molar-refractivity contribution in [3.05, 3.63) is 16.6 Å². The second kappa shape index (κ2) is 5.96. The number of aliphatic imine (C=N–C) groups is 1. The maximum Gasteiger partial charge on any atom is 0.154 e. The second-order valence-corrected chi connectivity index (χ2v) is 5.02. The number of thiazole rings is 1. The Kier molecular flexibility index (Phi) is 4.30. The van der Waals surface area contributed by atoms with Gasteiger partial charge in [-0.25, -0.2) is 5.84 Å². The first-order chi connectivity index (χ1) is 7.90. The average Bonchev–Trinajstić information content (AvgIpc) is 2.71. The Balaban J connectivity index is 2.07. The average molecular weight is 238 g/mol. The van der Waals surface area contributed by atoms with Crippen LogP contribution in [-0.4, -0.2) is 16.9 Å². The van der Waals surface area contributed by atoms with Gasteiger partial charge in [-0.3, -0.25) is 9.98 Å². The lowest BCUT2D eigenvalue weighted by molar-refractivity contribution is 0.583. The van der Waals surface area contributed by atoms with E-state index in [0.29, 0.717) is 6.04 Å². The molecule has 0 aliphatic heterocycles. The summed E-state index contributed by atoms with van der Waals surface area (Å²) in [6.07, 6.45) is 9.44. The molecule has 3 N–H and O–H groups in total. The van der Waals surface area contributed by atoms with E-state index in [1.807, 2.05) is 0 Å². The van der Waals surface area contributed by atoms with E-state index in [-0.39, 0.29) is 0 Å². The predicted molar refractivity (Wildman–Crippen MR) is 67.5 cm³/mol. The van der Waals surface area contributed by atoms with Crippen molar-refractivity contribution < 1.29 is 0 Å². The van der Waals surface area contributed by atoms with E-state index in [0.717, 1.165) is 10.7 Å². The molecule has 0 radical (unpaired) electrons. The van der Waals surface area contributed by atoms with Crippen LogP contribution < -0.4 is 11.3 Å². The van der Waals surface area contributed by atoms with E-state index in [2.05, 4.69) is 10.4 Å². The van der Waals surface area contributed by atoms with Crippen LogP contribution in [-0.2, 0) is 0 Å². The molecule has 1 heterocycles. The molecule has 1 saturated carbocycles. The third kappa shape index (κ3) is 3.02. The van der Waals surface area contributed by atoms with E-state index in [1.165, 1.54) is 38.5 Å². The molecule has 5 heteroatoms. The van der Waals surface area contributed by atoms with Gasteiger partial charge in [0.05, 0.1) is 16.4 Å². The van der Waals surface area contributed by atoms with Gasteiger partial charge < -0.3 is 5.43 Å². The monoisotopic (exact) mass is 238 g/mol. The number of nitrogens with zero attached hydrogens (tertiary/aromatic N) is 2. The molecule has 0 saturated heterocycles. The first-order valence-corrected chi connectivity index (χ1v) is 6.71. The van der Waals surface area contributed by atoms with Crippen LogP contribution in [0.2, 0.25) is 0 Å². The molecular formula is C11H18N4S. The van der Waals surface area contributed by atoms with Crippen LogP contribution in [0.1, 0.15) is 43.4 Å². The van der Waals surface area contributed by atoms with Gasteiger partial charge in [0.25, 0.3) is 0 Å². The Morgan fingerprint density at radius 1 is 1.38 bits per heavy atom. The van der Waals surface area contributed by atoms with Gasteiger partial charge in [-0.2, -0.15) is 0 Å². The summed E-state index contributed by atoms with van der Waals surface area (Å²) in [5.74, 6) is 6.30. The van der Waals surface area contributed by atoms with Gasteiger partial charge in [0.15, 0.2) is 5.84 Å². The van der Waals surface area contributed by atoms with Crippen molar-refractivity contribution in [3.63, 3.8) is 0 Å². The first-order valence-electron chi connectivity index (χ1n) is 5.83. The fourth-order valence-electron chi connectivity index (χ4n) is 2.07. The molecule has 0 amide bonds. The molecule has 1 aliphatic carbocycles. The summed E-state index contributed by atoms with van der Waals surface area (Å²) in [7, 11) is 0. The Morgan fingerprint density at radius 3 is 2.69 bits per heavy atom. The fourth-order valence-corrected chi connectivity index (χ4v) is 2.65. The van der Waals surface area contributed by atoms with E-state index in [1.54, 1.807) is 23.0 Å². The summed E-state index contributed by atoms with van der Waals surface area (Å²) in [6.45, 7) is 0. The van der Waals surface area contributed by atoms with Crippen molar-refractivity contribution in [3.8, 4) is 0 Å². The molecule has 1 aromatic rings. The maximum atomic E-state index is 5.52. The minimum Gasteiger partial charge on any atom is -0.308 e. The van der Waals surface area contributed by atoms with Gasteiger partial charge in [-0.1, -0.05) is 25.7 Å². The van der Waals surface area contributed by atoms with Crippen molar-refractivity contribution in [2.75, 3.05) is 0 Å². The minimum absolute atomic E-state index is 0.427. The SMILES string of the molecule is NNC(=NC1CCCCCC1)c1cncs1. The van der Waals surface area contributed by atoms with Gasteiger partial charge in [-0.05, 0) is 12.8 Å². The molecule has 1 fully saturated rings. The van der Waals surface area contributed by atoms with Gasteiger partial charge in [0.2, 0.25) is 0 Å². The van der Waals surface area contributed by atoms with Crippen LogP contribution in [0.5, 0.6) is 0 Å². The molecule has 0 unspecified atom stereocenters. The number of amidine groups is 1. The topological polar surface area (TPSA) is 63.3 Å². The Hall–Kier alpha value is -0.940. The fraction of sp³-hybridized carbons (Fsp3) is 0.636. The van der Waals surface area contributed by atoms with Crippen LogP contribution in [0.15, 0.2) is 16.7 Å². The summed E-state index contributed by atoms with van der Waals surface area (Å²) in [5.41, 5.74) is 4.49. The number of aromatic nitrogens is 1. The van der Waals surface area contributed by atoms with Crippen molar-refractivity contribution in [2.45, 2.75) is 44.6 Å². The Bertz CT molecular complexity index is 326. The lowest BCUT2D eigenvalue weighted by atomic mass is 10.1. The second-order valence-electron chi connectivity index (χ2n) is 4.13. The largest absolute Gasteiger partial charge is 0.308 e. The standard InChI is InChI=1S/C11H18N4S/c12-15-11(10-7-13-8-16-10)14-9-5-3-1-2-4-6-9/h7-9H,1-6,12H2,(H,14,15). The lowest BCUT2D eigenvalue weighted by Gasteiger charge is -2.11. The molecule has 4 nitrogen and oxygen atoms in total. The highest BCUT2D eigenvalue weighted by atomic mass is 32.1. The molecule has 0 spiro atoms. The van der Waals surface area contributed by atoms with Gasteiger partial charge >= 0.3 is 0 Å².